The van der Waals surface area contributed by atoms with Crippen molar-refractivity contribution >= 4 is 21.8 Å². The van der Waals surface area contributed by atoms with Gasteiger partial charge >= 0.3 is 0 Å². The van der Waals surface area contributed by atoms with Crippen LogP contribution >= 0.6 is 15.9 Å². The second-order valence-corrected chi connectivity index (χ2v) is 3.01. The van der Waals surface area contributed by atoms with Crippen molar-refractivity contribution in [2.24, 2.45) is 5.92 Å². The maximum atomic E-state index is 10.6. The SMILES string of the molecule is O=C1CC[C@@H](CBr)CN1. The molecule has 52 valence electrons. The van der Waals surface area contributed by atoms with Crippen molar-refractivity contribution in [1.82, 2.24) is 5.32 Å². The van der Waals surface area contributed by atoms with E-state index in [9.17, 15) is 4.79 Å². The highest BCUT2D eigenvalue weighted by molar-refractivity contribution is 9.09. The maximum Gasteiger partial charge on any atom is 0.220 e. The third-order valence-electron chi connectivity index (χ3n) is 1.59. The van der Waals surface area contributed by atoms with E-state index >= 15 is 0 Å². The highest BCUT2D eigenvalue weighted by Crippen LogP contribution is 2.12. The highest BCUT2D eigenvalue weighted by Gasteiger charge is 2.15. The van der Waals surface area contributed by atoms with Gasteiger partial charge in [0, 0.05) is 18.3 Å². The molecule has 2 nitrogen and oxygen atoms in total. The lowest BCUT2D eigenvalue weighted by Crippen LogP contribution is -2.35. The minimum atomic E-state index is 0.201. The molecule has 1 aliphatic rings. The standard InChI is InChI=1S/C6H10BrNO/c7-3-5-1-2-6(9)8-4-5/h5H,1-4H2,(H,8,9)/t5-/m0/s1. The Balaban J connectivity index is 2.26. The number of carbonyl (C=O) groups is 1. The van der Waals surface area contributed by atoms with Gasteiger partial charge in [-0.05, 0) is 12.3 Å². The molecular formula is C6H10BrNO. The number of halogens is 1. The van der Waals surface area contributed by atoms with Crippen molar-refractivity contribution in [2.75, 3.05) is 11.9 Å². The van der Waals surface area contributed by atoms with E-state index in [-0.39, 0.29) is 5.91 Å². The molecule has 1 rings (SSSR count). The van der Waals surface area contributed by atoms with Gasteiger partial charge in [-0.15, -0.1) is 0 Å². The van der Waals surface area contributed by atoms with Gasteiger partial charge in [0.2, 0.25) is 5.91 Å². The van der Waals surface area contributed by atoms with E-state index in [1.54, 1.807) is 0 Å². The van der Waals surface area contributed by atoms with Gasteiger partial charge in [-0.3, -0.25) is 4.79 Å². The minimum Gasteiger partial charge on any atom is -0.356 e. The summed E-state index contributed by atoms with van der Waals surface area (Å²) in [5.74, 6) is 0.856. The number of hydrogen-bond acceptors (Lipinski definition) is 1. The van der Waals surface area contributed by atoms with Gasteiger partial charge in [0.15, 0.2) is 0 Å². The van der Waals surface area contributed by atoms with Crippen LogP contribution in [0.2, 0.25) is 0 Å². The van der Waals surface area contributed by atoms with E-state index in [1.807, 2.05) is 0 Å². The Kier molecular flexibility index (Phi) is 2.51. The summed E-state index contributed by atoms with van der Waals surface area (Å²) in [4.78, 5) is 10.6. The molecular weight excluding hydrogens is 182 g/mol. The predicted molar refractivity (Wildman–Crippen MR) is 39.5 cm³/mol. The molecule has 0 radical (unpaired) electrons. The smallest absolute Gasteiger partial charge is 0.220 e. The lowest BCUT2D eigenvalue weighted by molar-refractivity contribution is -0.122. The second-order valence-electron chi connectivity index (χ2n) is 2.36. The average Bonchev–Trinajstić information content (AvgIpc) is 1.90. The Morgan fingerprint density at radius 1 is 1.78 bits per heavy atom. The monoisotopic (exact) mass is 191 g/mol. The van der Waals surface area contributed by atoms with Crippen LogP contribution in [0, 0.1) is 5.92 Å². The summed E-state index contributed by atoms with van der Waals surface area (Å²) in [6, 6.07) is 0. The molecule has 0 aromatic carbocycles. The maximum absolute atomic E-state index is 10.6. The van der Waals surface area contributed by atoms with Crippen LogP contribution < -0.4 is 5.32 Å². The summed E-state index contributed by atoms with van der Waals surface area (Å²) in [7, 11) is 0. The Labute approximate surface area is 63.1 Å². The summed E-state index contributed by atoms with van der Waals surface area (Å²) in [5.41, 5.74) is 0. The van der Waals surface area contributed by atoms with E-state index in [1.165, 1.54) is 0 Å². The number of carbonyl (C=O) groups excluding carboxylic acids is 1. The van der Waals surface area contributed by atoms with E-state index in [0.717, 1.165) is 18.3 Å². The Morgan fingerprint density at radius 2 is 2.56 bits per heavy atom. The van der Waals surface area contributed by atoms with Crippen molar-refractivity contribution in [3.63, 3.8) is 0 Å². The molecule has 1 heterocycles. The van der Waals surface area contributed by atoms with Gasteiger partial charge in [0.25, 0.3) is 0 Å². The molecule has 1 amide bonds. The van der Waals surface area contributed by atoms with Crippen molar-refractivity contribution in [3.8, 4) is 0 Å². The molecule has 1 aliphatic heterocycles. The predicted octanol–water partition coefficient (Wildman–Crippen LogP) is 0.907. The van der Waals surface area contributed by atoms with Crippen LogP contribution in [0.3, 0.4) is 0 Å². The van der Waals surface area contributed by atoms with Crippen molar-refractivity contribution in [3.05, 3.63) is 0 Å². The van der Waals surface area contributed by atoms with E-state index < -0.39 is 0 Å². The van der Waals surface area contributed by atoms with E-state index in [2.05, 4.69) is 21.2 Å². The lowest BCUT2D eigenvalue weighted by Gasteiger charge is -2.19. The number of alkyl halides is 1. The molecule has 0 aliphatic carbocycles. The third-order valence-corrected chi connectivity index (χ3v) is 2.50. The van der Waals surface area contributed by atoms with Crippen molar-refractivity contribution in [2.45, 2.75) is 12.8 Å². The molecule has 1 atom stereocenters. The summed E-state index contributed by atoms with van der Waals surface area (Å²) >= 11 is 3.38. The molecule has 0 aromatic rings. The van der Waals surface area contributed by atoms with Crippen LogP contribution in [0.1, 0.15) is 12.8 Å². The highest BCUT2D eigenvalue weighted by atomic mass is 79.9. The van der Waals surface area contributed by atoms with Crippen LogP contribution in [0.4, 0.5) is 0 Å². The fourth-order valence-corrected chi connectivity index (χ4v) is 1.47. The Hall–Kier alpha value is -0.0500. The Bertz CT molecular complexity index is 106. The first-order chi connectivity index (χ1) is 4.33. The molecule has 1 N–H and O–H groups in total. The number of nitrogens with one attached hydrogen (secondary N) is 1. The zero-order valence-corrected chi connectivity index (χ0v) is 6.78. The fraction of sp³-hybridized carbons (Fsp3) is 0.833. The van der Waals surface area contributed by atoms with Gasteiger partial charge in [-0.2, -0.15) is 0 Å². The molecule has 0 spiro atoms. The molecule has 0 unspecified atom stereocenters. The first-order valence-electron chi connectivity index (χ1n) is 3.15. The van der Waals surface area contributed by atoms with Crippen LogP contribution in [0.25, 0.3) is 0 Å². The number of rotatable bonds is 1. The third kappa shape index (κ3) is 1.97. The van der Waals surface area contributed by atoms with Crippen LogP contribution in [0.5, 0.6) is 0 Å². The molecule has 9 heavy (non-hydrogen) atoms. The molecule has 0 bridgehead atoms. The van der Waals surface area contributed by atoms with Crippen molar-refractivity contribution < 1.29 is 4.79 Å². The topological polar surface area (TPSA) is 29.1 Å². The van der Waals surface area contributed by atoms with Gasteiger partial charge in [-0.1, -0.05) is 15.9 Å². The van der Waals surface area contributed by atoms with E-state index in [4.69, 9.17) is 0 Å². The first-order valence-corrected chi connectivity index (χ1v) is 4.27. The number of piperidine rings is 1. The summed E-state index contributed by atoms with van der Waals surface area (Å²) in [5, 5.41) is 3.82. The largest absolute Gasteiger partial charge is 0.356 e. The summed E-state index contributed by atoms with van der Waals surface area (Å²) in [6.45, 7) is 0.851. The Morgan fingerprint density at radius 3 is 3.00 bits per heavy atom. The van der Waals surface area contributed by atoms with Gasteiger partial charge in [0.05, 0.1) is 0 Å². The summed E-state index contributed by atoms with van der Waals surface area (Å²) in [6.07, 6.45) is 1.74. The van der Waals surface area contributed by atoms with Gasteiger partial charge < -0.3 is 5.32 Å². The molecule has 0 aromatic heterocycles. The molecule has 1 saturated heterocycles. The van der Waals surface area contributed by atoms with Crippen LogP contribution in [-0.4, -0.2) is 17.8 Å². The minimum absolute atomic E-state index is 0.201. The number of amides is 1. The molecule has 1 fully saturated rings. The normalized spacial score (nSPS) is 27.7. The zero-order chi connectivity index (χ0) is 6.69. The van der Waals surface area contributed by atoms with Crippen LogP contribution in [0.15, 0.2) is 0 Å². The summed E-state index contributed by atoms with van der Waals surface area (Å²) < 4.78 is 0. The molecule has 0 saturated carbocycles. The second kappa shape index (κ2) is 3.20. The average molecular weight is 192 g/mol. The van der Waals surface area contributed by atoms with Crippen LogP contribution in [-0.2, 0) is 4.79 Å². The fourth-order valence-electron chi connectivity index (χ4n) is 0.916. The zero-order valence-electron chi connectivity index (χ0n) is 5.19. The quantitative estimate of drug-likeness (QED) is 0.614. The van der Waals surface area contributed by atoms with Gasteiger partial charge in [0.1, 0.15) is 0 Å². The number of hydrogen-bond donors (Lipinski definition) is 1. The van der Waals surface area contributed by atoms with E-state index in [0.29, 0.717) is 12.3 Å². The molecule has 3 heteroatoms. The van der Waals surface area contributed by atoms with Crippen molar-refractivity contribution in [1.29, 1.82) is 0 Å². The lowest BCUT2D eigenvalue weighted by atomic mass is 10.0. The first kappa shape index (κ1) is 7.06. The van der Waals surface area contributed by atoms with Gasteiger partial charge in [-0.25, -0.2) is 0 Å².